The average molecular weight is 309 g/mol. The summed E-state index contributed by atoms with van der Waals surface area (Å²) in [7, 11) is 0. The Morgan fingerprint density at radius 1 is 1.31 bits per heavy atom. The molecule has 90 valence electrons. The van der Waals surface area contributed by atoms with Crippen LogP contribution in [-0.4, -0.2) is 0 Å². The molecule has 0 saturated heterocycles. The molecule has 1 aromatic rings. The zero-order valence-electron chi connectivity index (χ0n) is 8.96. The van der Waals surface area contributed by atoms with Crippen molar-refractivity contribution in [2.24, 2.45) is 11.7 Å². The summed E-state index contributed by atoms with van der Waals surface area (Å²) >= 11 is 3.37. The summed E-state index contributed by atoms with van der Waals surface area (Å²) < 4.78 is 14.4. The Bertz CT molecular complexity index is 333. The third kappa shape index (κ3) is 2.76. The Balaban J connectivity index is 0.00000128. The molecular weight excluding hydrogens is 292 g/mol. The smallest absolute Gasteiger partial charge is 0.129 e. The monoisotopic (exact) mass is 307 g/mol. The molecule has 0 heterocycles. The van der Waals surface area contributed by atoms with E-state index in [0.717, 1.165) is 17.3 Å². The molecule has 1 fully saturated rings. The molecule has 0 unspecified atom stereocenters. The van der Waals surface area contributed by atoms with Crippen LogP contribution in [0.25, 0.3) is 0 Å². The summed E-state index contributed by atoms with van der Waals surface area (Å²) in [6, 6.07) is 4.87. The Hall–Kier alpha value is -0.120. The second-order valence-electron chi connectivity index (χ2n) is 4.21. The van der Waals surface area contributed by atoms with Gasteiger partial charge in [-0.15, -0.1) is 12.4 Å². The van der Waals surface area contributed by atoms with Gasteiger partial charge in [-0.2, -0.15) is 0 Å². The Morgan fingerprint density at radius 3 is 2.50 bits per heavy atom. The molecule has 1 aliphatic carbocycles. The van der Waals surface area contributed by atoms with E-state index in [1.54, 1.807) is 6.07 Å². The lowest BCUT2D eigenvalue weighted by Gasteiger charge is -2.20. The van der Waals surface area contributed by atoms with Crippen LogP contribution in [0, 0.1) is 11.7 Å². The fraction of sp³-hybridized carbons (Fsp3) is 0.500. The average Bonchev–Trinajstić information content (AvgIpc) is 2.69. The highest BCUT2D eigenvalue weighted by Gasteiger charge is 2.26. The zero-order valence-corrected chi connectivity index (χ0v) is 11.4. The van der Waals surface area contributed by atoms with E-state index in [1.165, 1.54) is 18.9 Å². The first kappa shape index (κ1) is 13.9. The molecular formula is C12H16BrClFN. The van der Waals surface area contributed by atoms with Crippen LogP contribution in [0.15, 0.2) is 22.7 Å². The van der Waals surface area contributed by atoms with Gasteiger partial charge in [-0.05, 0) is 30.9 Å². The third-order valence-electron chi connectivity index (χ3n) is 3.24. The highest BCUT2D eigenvalue weighted by atomic mass is 79.9. The highest BCUT2D eigenvalue weighted by molar-refractivity contribution is 9.10. The van der Waals surface area contributed by atoms with Crippen molar-refractivity contribution in [3.63, 3.8) is 0 Å². The van der Waals surface area contributed by atoms with E-state index in [-0.39, 0.29) is 24.3 Å². The molecule has 1 saturated carbocycles. The van der Waals surface area contributed by atoms with Gasteiger partial charge >= 0.3 is 0 Å². The Kier molecular flexibility index (Phi) is 5.22. The van der Waals surface area contributed by atoms with Gasteiger partial charge in [0.05, 0.1) is 0 Å². The van der Waals surface area contributed by atoms with Crippen molar-refractivity contribution in [2.75, 3.05) is 0 Å². The molecule has 0 spiro atoms. The summed E-state index contributed by atoms with van der Waals surface area (Å²) in [4.78, 5) is 0. The molecule has 0 aliphatic heterocycles. The van der Waals surface area contributed by atoms with Crippen LogP contribution in [0.5, 0.6) is 0 Å². The van der Waals surface area contributed by atoms with Crippen LogP contribution >= 0.6 is 28.3 Å². The Morgan fingerprint density at radius 2 is 1.94 bits per heavy atom. The predicted molar refractivity (Wildman–Crippen MR) is 70.2 cm³/mol. The maximum absolute atomic E-state index is 13.6. The van der Waals surface area contributed by atoms with Gasteiger partial charge < -0.3 is 5.73 Å². The van der Waals surface area contributed by atoms with Crippen molar-refractivity contribution < 1.29 is 4.39 Å². The van der Waals surface area contributed by atoms with E-state index in [1.807, 2.05) is 6.07 Å². The highest BCUT2D eigenvalue weighted by Crippen LogP contribution is 2.37. The molecule has 0 amide bonds. The van der Waals surface area contributed by atoms with E-state index in [4.69, 9.17) is 5.73 Å². The standard InChI is InChI=1S/C12H15BrFN.ClH/c13-9-6-3-7-10(14)11(9)12(15)8-4-1-2-5-8;/h3,6-8,12H,1-2,4-5,15H2;1H/t12-;/m1./s1. The number of hydrogen-bond donors (Lipinski definition) is 1. The van der Waals surface area contributed by atoms with Gasteiger partial charge in [0, 0.05) is 16.1 Å². The molecule has 1 nitrogen and oxygen atoms in total. The first-order valence-corrected chi connectivity index (χ1v) is 6.19. The van der Waals surface area contributed by atoms with Gasteiger partial charge in [0.15, 0.2) is 0 Å². The predicted octanol–water partition coefficient (Wildman–Crippen LogP) is 4.20. The molecule has 0 bridgehead atoms. The van der Waals surface area contributed by atoms with Crippen LogP contribution in [-0.2, 0) is 0 Å². The lowest BCUT2D eigenvalue weighted by molar-refractivity contribution is 0.427. The summed E-state index contributed by atoms with van der Waals surface area (Å²) in [5.41, 5.74) is 6.77. The second-order valence-corrected chi connectivity index (χ2v) is 5.06. The molecule has 16 heavy (non-hydrogen) atoms. The molecule has 1 atom stereocenters. The van der Waals surface area contributed by atoms with Crippen molar-refractivity contribution in [1.82, 2.24) is 0 Å². The zero-order chi connectivity index (χ0) is 10.8. The fourth-order valence-electron chi connectivity index (χ4n) is 2.38. The van der Waals surface area contributed by atoms with E-state index in [2.05, 4.69) is 15.9 Å². The SMILES string of the molecule is Cl.N[C@@H](c1c(F)cccc1Br)C1CCCC1. The van der Waals surface area contributed by atoms with Crippen LogP contribution in [0.4, 0.5) is 4.39 Å². The van der Waals surface area contributed by atoms with Crippen molar-refractivity contribution in [2.45, 2.75) is 31.7 Å². The lowest BCUT2D eigenvalue weighted by Crippen LogP contribution is -2.20. The molecule has 0 radical (unpaired) electrons. The number of rotatable bonds is 2. The van der Waals surface area contributed by atoms with Crippen molar-refractivity contribution in [3.05, 3.63) is 34.1 Å². The first-order valence-electron chi connectivity index (χ1n) is 5.39. The fourth-order valence-corrected chi connectivity index (χ4v) is 2.99. The van der Waals surface area contributed by atoms with E-state index >= 15 is 0 Å². The van der Waals surface area contributed by atoms with E-state index in [0.29, 0.717) is 11.5 Å². The summed E-state index contributed by atoms with van der Waals surface area (Å²) in [5, 5.41) is 0. The van der Waals surface area contributed by atoms with Crippen LogP contribution in [0.2, 0.25) is 0 Å². The number of benzene rings is 1. The van der Waals surface area contributed by atoms with Crippen LogP contribution in [0.1, 0.15) is 37.3 Å². The Labute approximate surface area is 110 Å². The second kappa shape index (κ2) is 5.99. The molecule has 2 rings (SSSR count). The third-order valence-corrected chi connectivity index (χ3v) is 3.93. The molecule has 4 heteroatoms. The first-order chi connectivity index (χ1) is 7.20. The topological polar surface area (TPSA) is 26.0 Å². The quantitative estimate of drug-likeness (QED) is 0.870. The maximum atomic E-state index is 13.6. The maximum Gasteiger partial charge on any atom is 0.129 e. The van der Waals surface area contributed by atoms with Crippen molar-refractivity contribution >= 4 is 28.3 Å². The summed E-state index contributed by atoms with van der Waals surface area (Å²) in [6.07, 6.45) is 4.71. The van der Waals surface area contributed by atoms with Gasteiger partial charge in [0.2, 0.25) is 0 Å². The molecule has 0 aromatic heterocycles. The van der Waals surface area contributed by atoms with Gasteiger partial charge in [0.1, 0.15) is 5.82 Å². The minimum Gasteiger partial charge on any atom is -0.324 e. The van der Waals surface area contributed by atoms with E-state index < -0.39 is 0 Å². The number of nitrogens with two attached hydrogens (primary N) is 1. The van der Waals surface area contributed by atoms with Gasteiger partial charge in [-0.1, -0.05) is 34.8 Å². The van der Waals surface area contributed by atoms with Crippen molar-refractivity contribution in [1.29, 1.82) is 0 Å². The largest absolute Gasteiger partial charge is 0.324 e. The molecule has 2 N–H and O–H groups in total. The molecule has 1 aromatic carbocycles. The van der Waals surface area contributed by atoms with Gasteiger partial charge in [-0.25, -0.2) is 4.39 Å². The van der Waals surface area contributed by atoms with E-state index in [9.17, 15) is 4.39 Å². The minimum atomic E-state index is -0.191. The number of hydrogen-bond acceptors (Lipinski definition) is 1. The normalized spacial score (nSPS) is 18.2. The number of halogens is 3. The van der Waals surface area contributed by atoms with Crippen molar-refractivity contribution in [3.8, 4) is 0 Å². The minimum absolute atomic E-state index is 0. The summed E-state index contributed by atoms with van der Waals surface area (Å²) in [5.74, 6) is 0.252. The lowest BCUT2D eigenvalue weighted by atomic mass is 9.92. The molecule has 1 aliphatic rings. The van der Waals surface area contributed by atoms with Crippen LogP contribution in [0.3, 0.4) is 0 Å². The van der Waals surface area contributed by atoms with Gasteiger partial charge in [0.25, 0.3) is 0 Å². The van der Waals surface area contributed by atoms with Gasteiger partial charge in [-0.3, -0.25) is 0 Å². The van der Waals surface area contributed by atoms with Crippen LogP contribution < -0.4 is 5.73 Å². The summed E-state index contributed by atoms with van der Waals surface area (Å²) in [6.45, 7) is 0.